The van der Waals surface area contributed by atoms with Crippen LogP contribution < -0.4 is 10.2 Å². The Morgan fingerprint density at radius 1 is 1.40 bits per heavy atom. The molecule has 108 valence electrons. The van der Waals surface area contributed by atoms with Crippen molar-refractivity contribution >= 4 is 23.2 Å². The van der Waals surface area contributed by atoms with Gasteiger partial charge in [0.25, 0.3) is 5.91 Å². The number of amides is 2. The zero-order valence-electron chi connectivity index (χ0n) is 11.9. The van der Waals surface area contributed by atoms with Gasteiger partial charge in [0.15, 0.2) is 0 Å². The van der Waals surface area contributed by atoms with Gasteiger partial charge in [-0.25, -0.2) is 0 Å². The molecule has 2 rings (SSSR count). The maximum absolute atomic E-state index is 12.1. The van der Waals surface area contributed by atoms with Gasteiger partial charge in [-0.15, -0.1) is 0 Å². The third-order valence-corrected chi connectivity index (χ3v) is 3.38. The predicted molar refractivity (Wildman–Crippen MR) is 77.9 cm³/mol. The number of anilines is 2. The fraction of sp³-hybridized carbons (Fsp3) is 0.467. The monoisotopic (exact) mass is 276 g/mol. The van der Waals surface area contributed by atoms with E-state index in [0.29, 0.717) is 13.0 Å². The van der Waals surface area contributed by atoms with E-state index < -0.39 is 0 Å². The van der Waals surface area contributed by atoms with Crippen LogP contribution in [-0.2, 0) is 20.7 Å². The van der Waals surface area contributed by atoms with E-state index in [1.54, 1.807) is 4.90 Å². The molecule has 5 heteroatoms. The molecule has 2 amide bonds. The van der Waals surface area contributed by atoms with E-state index >= 15 is 0 Å². The van der Waals surface area contributed by atoms with Gasteiger partial charge in [-0.3, -0.25) is 9.59 Å². The Kier molecular flexibility index (Phi) is 4.74. The van der Waals surface area contributed by atoms with Crippen LogP contribution in [0.1, 0.15) is 25.3 Å². The molecule has 0 unspecified atom stereocenters. The van der Waals surface area contributed by atoms with Crippen LogP contribution in [0.5, 0.6) is 0 Å². The fourth-order valence-corrected chi connectivity index (χ4v) is 2.36. The summed E-state index contributed by atoms with van der Waals surface area (Å²) in [7, 11) is 1.51. The Morgan fingerprint density at radius 3 is 2.90 bits per heavy atom. The summed E-state index contributed by atoms with van der Waals surface area (Å²) < 4.78 is 4.92. The van der Waals surface area contributed by atoms with Gasteiger partial charge in [-0.05, 0) is 30.5 Å². The Labute approximate surface area is 118 Å². The van der Waals surface area contributed by atoms with E-state index in [0.717, 1.165) is 29.8 Å². The average Bonchev–Trinajstić information content (AvgIpc) is 2.46. The first-order valence-electron chi connectivity index (χ1n) is 6.87. The Balaban J connectivity index is 2.26. The number of carbonyl (C=O) groups is 2. The topological polar surface area (TPSA) is 58.6 Å². The minimum atomic E-state index is -0.0487. The number of carbonyl (C=O) groups excluding carboxylic acids is 2. The van der Waals surface area contributed by atoms with Gasteiger partial charge >= 0.3 is 0 Å². The lowest BCUT2D eigenvalue weighted by molar-refractivity contribution is -0.122. The highest BCUT2D eigenvalue weighted by molar-refractivity contribution is 5.97. The second-order valence-corrected chi connectivity index (χ2v) is 4.83. The number of nitrogens with zero attached hydrogens (tertiary/aromatic N) is 1. The molecule has 0 bridgehead atoms. The zero-order valence-corrected chi connectivity index (χ0v) is 11.9. The summed E-state index contributed by atoms with van der Waals surface area (Å²) in [5.74, 6) is -0.0806. The first kappa shape index (κ1) is 14.5. The Hall–Kier alpha value is -1.88. The van der Waals surface area contributed by atoms with E-state index in [-0.39, 0.29) is 18.4 Å². The normalized spacial score (nSPS) is 13.8. The second-order valence-electron chi connectivity index (χ2n) is 4.83. The summed E-state index contributed by atoms with van der Waals surface area (Å²) in [6.45, 7) is 2.58. The SMILES string of the molecule is CCC(=O)Nc1ccc2c(c1)N(C(=O)COC)CCC2. The highest BCUT2D eigenvalue weighted by Gasteiger charge is 2.22. The summed E-state index contributed by atoms with van der Waals surface area (Å²) in [5, 5.41) is 2.83. The second kappa shape index (κ2) is 6.52. The quantitative estimate of drug-likeness (QED) is 0.914. The van der Waals surface area contributed by atoms with Gasteiger partial charge in [-0.1, -0.05) is 13.0 Å². The van der Waals surface area contributed by atoms with Gasteiger partial charge in [-0.2, -0.15) is 0 Å². The number of rotatable bonds is 4. The Bertz CT molecular complexity index is 514. The lowest BCUT2D eigenvalue weighted by atomic mass is 10.0. The van der Waals surface area contributed by atoms with Crippen molar-refractivity contribution in [2.24, 2.45) is 0 Å². The largest absolute Gasteiger partial charge is 0.375 e. The van der Waals surface area contributed by atoms with Crippen molar-refractivity contribution in [3.8, 4) is 0 Å². The molecule has 1 aliphatic rings. The van der Waals surface area contributed by atoms with Crippen LogP contribution in [0.2, 0.25) is 0 Å². The highest BCUT2D eigenvalue weighted by Crippen LogP contribution is 2.30. The van der Waals surface area contributed by atoms with Crippen molar-refractivity contribution in [2.75, 3.05) is 30.5 Å². The molecule has 1 aromatic rings. The summed E-state index contributed by atoms with van der Waals surface area (Å²) in [6.07, 6.45) is 2.33. The van der Waals surface area contributed by atoms with Crippen LogP contribution in [0.4, 0.5) is 11.4 Å². The molecule has 20 heavy (non-hydrogen) atoms. The summed E-state index contributed by atoms with van der Waals surface area (Å²) in [6, 6.07) is 5.74. The molecule has 0 aromatic heterocycles. The van der Waals surface area contributed by atoms with Crippen LogP contribution in [0.15, 0.2) is 18.2 Å². The van der Waals surface area contributed by atoms with E-state index in [9.17, 15) is 9.59 Å². The third kappa shape index (κ3) is 3.17. The molecule has 0 radical (unpaired) electrons. The van der Waals surface area contributed by atoms with Crippen LogP contribution in [-0.4, -0.2) is 32.1 Å². The van der Waals surface area contributed by atoms with Crippen LogP contribution in [0, 0.1) is 0 Å². The molecular weight excluding hydrogens is 256 g/mol. The first-order valence-corrected chi connectivity index (χ1v) is 6.87. The molecule has 0 aliphatic carbocycles. The minimum absolute atomic E-state index is 0.0319. The van der Waals surface area contributed by atoms with Crippen LogP contribution in [0.25, 0.3) is 0 Å². The van der Waals surface area contributed by atoms with Gasteiger partial charge in [0.2, 0.25) is 5.91 Å². The molecule has 1 N–H and O–H groups in total. The number of methoxy groups -OCH3 is 1. The molecule has 0 saturated carbocycles. The summed E-state index contributed by atoms with van der Waals surface area (Å²) >= 11 is 0. The maximum atomic E-state index is 12.1. The van der Waals surface area contributed by atoms with Gasteiger partial charge in [0.05, 0.1) is 0 Å². The van der Waals surface area contributed by atoms with Gasteiger partial charge in [0.1, 0.15) is 6.61 Å². The molecule has 1 aromatic carbocycles. The molecule has 1 heterocycles. The Morgan fingerprint density at radius 2 is 2.20 bits per heavy atom. The molecule has 0 fully saturated rings. The smallest absolute Gasteiger partial charge is 0.252 e. The fourth-order valence-electron chi connectivity index (χ4n) is 2.36. The molecule has 5 nitrogen and oxygen atoms in total. The summed E-state index contributed by atoms with van der Waals surface area (Å²) in [5.41, 5.74) is 2.75. The predicted octanol–water partition coefficient (Wildman–Crippen LogP) is 1.96. The van der Waals surface area contributed by atoms with E-state index in [2.05, 4.69) is 5.32 Å². The van der Waals surface area contributed by atoms with Crippen molar-refractivity contribution < 1.29 is 14.3 Å². The third-order valence-electron chi connectivity index (χ3n) is 3.38. The molecule has 1 aliphatic heterocycles. The number of nitrogens with one attached hydrogen (secondary N) is 1. The number of hydrogen-bond acceptors (Lipinski definition) is 3. The maximum Gasteiger partial charge on any atom is 0.252 e. The number of aryl methyl sites for hydroxylation is 1. The molecule has 0 atom stereocenters. The number of benzene rings is 1. The van der Waals surface area contributed by atoms with Crippen molar-refractivity contribution in [3.63, 3.8) is 0 Å². The number of hydrogen-bond donors (Lipinski definition) is 1. The van der Waals surface area contributed by atoms with Crippen LogP contribution >= 0.6 is 0 Å². The van der Waals surface area contributed by atoms with Crippen molar-refractivity contribution in [1.29, 1.82) is 0 Å². The minimum Gasteiger partial charge on any atom is -0.375 e. The molecule has 0 spiro atoms. The van der Waals surface area contributed by atoms with E-state index in [4.69, 9.17) is 4.74 Å². The van der Waals surface area contributed by atoms with Crippen LogP contribution in [0.3, 0.4) is 0 Å². The number of ether oxygens (including phenoxy) is 1. The standard InChI is InChI=1S/C15H20N2O3/c1-3-14(18)16-12-7-6-11-5-4-8-17(13(11)9-12)15(19)10-20-2/h6-7,9H,3-5,8,10H2,1-2H3,(H,16,18). The van der Waals surface area contributed by atoms with Crippen molar-refractivity contribution in [2.45, 2.75) is 26.2 Å². The van der Waals surface area contributed by atoms with Gasteiger partial charge < -0.3 is 15.0 Å². The average molecular weight is 276 g/mol. The van der Waals surface area contributed by atoms with Crippen molar-refractivity contribution in [3.05, 3.63) is 23.8 Å². The molecular formula is C15H20N2O3. The first-order chi connectivity index (χ1) is 9.65. The van der Waals surface area contributed by atoms with E-state index in [1.807, 2.05) is 25.1 Å². The lowest BCUT2D eigenvalue weighted by Gasteiger charge is -2.29. The zero-order chi connectivity index (χ0) is 14.5. The van der Waals surface area contributed by atoms with Crippen molar-refractivity contribution in [1.82, 2.24) is 0 Å². The van der Waals surface area contributed by atoms with E-state index in [1.165, 1.54) is 7.11 Å². The summed E-state index contributed by atoms with van der Waals surface area (Å²) in [4.78, 5) is 25.3. The molecule has 0 saturated heterocycles. The lowest BCUT2D eigenvalue weighted by Crippen LogP contribution is -2.37. The number of fused-ring (bicyclic) bond motifs is 1. The highest BCUT2D eigenvalue weighted by atomic mass is 16.5. The van der Waals surface area contributed by atoms with Gasteiger partial charge in [0, 0.05) is 31.5 Å².